The summed E-state index contributed by atoms with van der Waals surface area (Å²) in [6.45, 7) is 2.72. The van der Waals surface area contributed by atoms with Crippen LogP contribution >= 0.6 is 35.8 Å². The minimum atomic E-state index is -0.246. The fourth-order valence-corrected chi connectivity index (χ4v) is 2.69. The molecule has 1 rings (SSSR count). The second-order valence-electron chi connectivity index (χ2n) is 3.05. The molecule has 0 saturated heterocycles. The van der Waals surface area contributed by atoms with Gasteiger partial charge in [-0.2, -0.15) is 0 Å². The fraction of sp³-hybridized carbons (Fsp3) is 0.200. The highest BCUT2D eigenvalue weighted by molar-refractivity contribution is 7.80. The summed E-state index contributed by atoms with van der Waals surface area (Å²) in [5.74, 6) is -0.492. The minimum absolute atomic E-state index is 0.211. The van der Waals surface area contributed by atoms with Crippen molar-refractivity contribution in [3.63, 3.8) is 0 Å². The lowest BCUT2D eigenvalue weighted by molar-refractivity contribution is 0.101. The number of carbonyl (C=O) groups excluding carboxylic acids is 2. The van der Waals surface area contributed by atoms with Crippen LogP contribution in [0.3, 0.4) is 0 Å². The molecule has 0 atom stereocenters. The summed E-state index contributed by atoms with van der Waals surface area (Å²) in [4.78, 5) is 22.8. The number of hydrogen-bond acceptors (Lipinski definition) is 3. The smallest absolute Gasteiger partial charge is 0.162 e. The van der Waals surface area contributed by atoms with Crippen molar-refractivity contribution in [2.24, 2.45) is 0 Å². The van der Waals surface area contributed by atoms with E-state index in [1.807, 2.05) is 0 Å². The predicted molar refractivity (Wildman–Crippen MR) is 63.7 cm³/mol. The zero-order valence-electron chi connectivity index (χ0n) is 8.10. The first kappa shape index (κ1) is 12.6. The molecule has 0 amide bonds. The summed E-state index contributed by atoms with van der Waals surface area (Å²) >= 11 is 15.8. The van der Waals surface area contributed by atoms with Gasteiger partial charge < -0.3 is 0 Å². The first-order valence-electron chi connectivity index (χ1n) is 4.09. The average Bonchev–Trinajstić information content (AvgIpc) is 1.99. The molecule has 0 aliphatic heterocycles. The van der Waals surface area contributed by atoms with E-state index in [2.05, 4.69) is 12.6 Å². The molecular weight excluding hydrogens is 255 g/mol. The lowest BCUT2D eigenvalue weighted by Gasteiger charge is -2.10. The van der Waals surface area contributed by atoms with Gasteiger partial charge in [0, 0.05) is 4.90 Å². The Morgan fingerprint density at radius 3 is 1.67 bits per heavy atom. The highest BCUT2D eigenvalue weighted by atomic mass is 35.5. The van der Waals surface area contributed by atoms with E-state index in [-0.39, 0.29) is 37.6 Å². The van der Waals surface area contributed by atoms with Gasteiger partial charge in [-0.05, 0) is 19.9 Å². The number of thiol groups is 1. The van der Waals surface area contributed by atoms with Crippen LogP contribution in [0.4, 0.5) is 0 Å². The summed E-state index contributed by atoms with van der Waals surface area (Å²) in [5.41, 5.74) is 0.462. The third-order valence-corrected chi connectivity index (χ3v) is 2.95. The summed E-state index contributed by atoms with van der Waals surface area (Å²) in [6.07, 6.45) is 0. The fourth-order valence-electron chi connectivity index (χ4n) is 1.28. The van der Waals surface area contributed by atoms with E-state index < -0.39 is 0 Å². The van der Waals surface area contributed by atoms with E-state index >= 15 is 0 Å². The first-order chi connectivity index (χ1) is 6.86. The Kier molecular flexibility index (Phi) is 3.82. The zero-order valence-corrected chi connectivity index (χ0v) is 10.5. The molecule has 0 saturated carbocycles. The molecular formula is C10H8Cl2O2S. The monoisotopic (exact) mass is 262 g/mol. The molecule has 0 spiro atoms. The molecule has 15 heavy (non-hydrogen) atoms. The van der Waals surface area contributed by atoms with Crippen LogP contribution in [-0.2, 0) is 0 Å². The molecule has 0 N–H and O–H groups in total. The molecule has 0 bridgehead atoms. The van der Waals surface area contributed by atoms with Gasteiger partial charge in [0.15, 0.2) is 11.6 Å². The molecule has 0 fully saturated rings. The van der Waals surface area contributed by atoms with E-state index in [4.69, 9.17) is 23.2 Å². The molecule has 0 heterocycles. The normalized spacial score (nSPS) is 10.2. The summed E-state index contributed by atoms with van der Waals surface area (Å²) in [7, 11) is 0. The molecule has 0 aromatic heterocycles. The maximum absolute atomic E-state index is 11.3. The van der Waals surface area contributed by atoms with Gasteiger partial charge in [-0.1, -0.05) is 23.2 Å². The van der Waals surface area contributed by atoms with Gasteiger partial charge >= 0.3 is 0 Å². The van der Waals surface area contributed by atoms with Gasteiger partial charge in [0.2, 0.25) is 0 Å². The summed E-state index contributed by atoms with van der Waals surface area (Å²) < 4.78 is 0. The van der Waals surface area contributed by atoms with Crippen molar-refractivity contribution in [1.82, 2.24) is 0 Å². The van der Waals surface area contributed by atoms with Crippen molar-refractivity contribution in [1.29, 1.82) is 0 Å². The number of carbonyl (C=O) groups is 2. The van der Waals surface area contributed by atoms with Crippen molar-refractivity contribution >= 4 is 47.4 Å². The van der Waals surface area contributed by atoms with E-state index in [9.17, 15) is 9.59 Å². The molecule has 1 aromatic rings. The molecule has 0 radical (unpaired) electrons. The van der Waals surface area contributed by atoms with E-state index in [0.717, 1.165) is 0 Å². The topological polar surface area (TPSA) is 34.1 Å². The molecule has 80 valence electrons. The Morgan fingerprint density at radius 1 is 1.07 bits per heavy atom. The lowest BCUT2D eigenvalue weighted by Crippen LogP contribution is -2.03. The third kappa shape index (κ3) is 2.36. The number of halogens is 2. The second kappa shape index (κ2) is 4.56. The Morgan fingerprint density at radius 2 is 1.40 bits per heavy atom. The van der Waals surface area contributed by atoms with Crippen LogP contribution in [0.25, 0.3) is 0 Å². The molecule has 0 aliphatic rings. The molecule has 5 heteroatoms. The summed E-state index contributed by atoms with van der Waals surface area (Å²) in [5, 5.41) is 0.421. The summed E-state index contributed by atoms with van der Waals surface area (Å²) in [6, 6.07) is 1.39. The van der Waals surface area contributed by atoms with Crippen LogP contribution in [0, 0.1) is 0 Å². The Balaban J connectivity index is 3.64. The zero-order chi connectivity index (χ0) is 11.7. The highest BCUT2D eigenvalue weighted by Crippen LogP contribution is 2.33. The standard InChI is InChI=1S/C10H8Cl2O2S/c1-4(13)8-6(11)3-7(12)9(5(2)14)10(8)15/h3,15H,1-2H3. The Labute approximate surface area is 103 Å². The van der Waals surface area contributed by atoms with Crippen molar-refractivity contribution in [2.75, 3.05) is 0 Å². The average molecular weight is 263 g/mol. The number of Topliss-reactive ketones (excluding diaryl/α,β-unsaturated/α-hetero) is 2. The molecule has 1 aromatic carbocycles. The van der Waals surface area contributed by atoms with E-state index in [0.29, 0.717) is 0 Å². The minimum Gasteiger partial charge on any atom is -0.294 e. The van der Waals surface area contributed by atoms with Crippen LogP contribution in [0.5, 0.6) is 0 Å². The van der Waals surface area contributed by atoms with Crippen molar-refractivity contribution in [3.8, 4) is 0 Å². The van der Waals surface area contributed by atoms with E-state index in [1.54, 1.807) is 0 Å². The van der Waals surface area contributed by atoms with Crippen LogP contribution in [-0.4, -0.2) is 11.6 Å². The Hall–Kier alpha value is -0.510. The largest absolute Gasteiger partial charge is 0.294 e. The van der Waals surface area contributed by atoms with Gasteiger partial charge in [0.25, 0.3) is 0 Å². The Bertz CT molecular complexity index is 417. The van der Waals surface area contributed by atoms with Gasteiger partial charge in [-0.3, -0.25) is 9.59 Å². The van der Waals surface area contributed by atoms with Crippen molar-refractivity contribution in [2.45, 2.75) is 18.7 Å². The SMILES string of the molecule is CC(=O)c1c(Cl)cc(Cl)c(C(C)=O)c1S. The van der Waals surface area contributed by atoms with Gasteiger partial charge in [0.1, 0.15) is 0 Å². The second-order valence-corrected chi connectivity index (χ2v) is 4.31. The highest BCUT2D eigenvalue weighted by Gasteiger charge is 2.19. The van der Waals surface area contributed by atoms with Crippen molar-refractivity contribution in [3.05, 3.63) is 27.2 Å². The predicted octanol–water partition coefficient (Wildman–Crippen LogP) is 3.69. The van der Waals surface area contributed by atoms with Crippen LogP contribution in [0.2, 0.25) is 10.0 Å². The number of rotatable bonds is 2. The molecule has 2 nitrogen and oxygen atoms in total. The maximum atomic E-state index is 11.3. The number of ketones is 2. The number of benzene rings is 1. The molecule has 0 unspecified atom stereocenters. The third-order valence-electron chi connectivity index (χ3n) is 1.91. The maximum Gasteiger partial charge on any atom is 0.162 e. The van der Waals surface area contributed by atoms with E-state index in [1.165, 1.54) is 19.9 Å². The van der Waals surface area contributed by atoms with Crippen LogP contribution < -0.4 is 0 Å². The van der Waals surface area contributed by atoms with Crippen LogP contribution in [0.15, 0.2) is 11.0 Å². The van der Waals surface area contributed by atoms with Gasteiger partial charge in [-0.15, -0.1) is 12.6 Å². The van der Waals surface area contributed by atoms with Gasteiger partial charge in [0.05, 0.1) is 21.2 Å². The van der Waals surface area contributed by atoms with Crippen molar-refractivity contribution < 1.29 is 9.59 Å². The lowest BCUT2D eigenvalue weighted by atomic mass is 10.0. The quantitative estimate of drug-likeness (QED) is 0.652. The number of hydrogen-bond donors (Lipinski definition) is 1. The van der Waals surface area contributed by atoms with Gasteiger partial charge in [-0.25, -0.2) is 0 Å². The first-order valence-corrected chi connectivity index (χ1v) is 5.29. The molecule has 0 aliphatic carbocycles. The van der Waals surface area contributed by atoms with Crippen LogP contribution in [0.1, 0.15) is 34.6 Å².